The second-order valence-electron chi connectivity index (χ2n) is 7.32. The average molecular weight is 375 g/mol. The van der Waals surface area contributed by atoms with Crippen molar-refractivity contribution < 1.29 is 23.2 Å². The van der Waals surface area contributed by atoms with Crippen LogP contribution in [0, 0.1) is 0 Å². The van der Waals surface area contributed by atoms with Gasteiger partial charge in [0.25, 0.3) is 0 Å². The Morgan fingerprint density at radius 1 is 0.917 bits per heavy atom. The predicted octanol–water partition coefficient (Wildman–Crippen LogP) is 4.27. The van der Waals surface area contributed by atoms with Gasteiger partial charge in [-0.25, -0.2) is 4.79 Å². The maximum absolute atomic E-state index is 11.3. The number of carbonyl (C=O) groups is 2. The van der Waals surface area contributed by atoms with Crippen molar-refractivity contribution in [2.45, 2.75) is 71.4 Å². The Labute approximate surface area is 149 Å². The predicted molar refractivity (Wildman–Crippen MR) is 102 cm³/mol. The molecule has 0 amide bonds. The Morgan fingerprint density at radius 2 is 1.38 bits per heavy atom. The monoisotopic (exact) mass is 374 g/mol. The van der Waals surface area contributed by atoms with Crippen LogP contribution in [0.3, 0.4) is 0 Å². The van der Waals surface area contributed by atoms with Crippen molar-refractivity contribution in [2.24, 2.45) is 0 Å². The Morgan fingerprint density at radius 3 is 1.79 bits per heavy atom. The van der Waals surface area contributed by atoms with E-state index in [-0.39, 0.29) is 11.9 Å². The molecule has 5 nitrogen and oxygen atoms in total. The summed E-state index contributed by atoms with van der Waals surface area (Å²) in [5.41, 5.74) is 0.431. The quantitative estimate of drug-likeness (QED) is 0.221. The number of hydrogen-bond donors (Lipinski definition) is 0. The fraction of sp³-hybridized carbons (Fsp3) is 0.765. The first kappa shape index (κ1) is 23.1. The second-order valence-corrected chi connectivity index (χ2v) is 16.2. The summed E-state index contributed by atoms with van der Waals surface area (Å²) in [4.78, 5) is 22.5. The summed E-state index contributed by atoms with van der Waals surface area (Å²) < 4.78 is 16.7. The van der Waals surface area contributed by atoms with Gasteiger partial charge in [-0.05, 0) is 58.0 Å². The molecule has 0 aromatic heterocycles. The van der Waals surface area contributed by atoms with Crippen molar-refractivity contribution in [3.05, 3.63) is 12.2 Å². The maximum Gasteiger partial charge on any atom is 0.333 e. The van der Waals surface area contributed by atoms with Crippen molar-refractivity contribution in [3.8, 4) is 0 Å². The summed E-state index contributed by atoms with van der Waals surface area (Å²) >= 11 is 0. The van der Waals surface area contributed by atoms with E-state index in [1.165, 1.54) is 0 Å². The van der Waals surface area contributed by atoms with Crippen LogP contribution in [0.4, 0.5) is 0 Å². The first-order chi connectivity index (χ1) is 11.0. The zero-order valence-electron chi connectivity index (χ0n) is 16.2. The maximum atomic E-state index is 11.3. The molecule has 0 saturated heterocycles. The molecule has 0 aromatic carbocycles. The zero-order valence-corrected chi connectivity index (χ0v) is 18.2. The van der Waals surface area contributed by atoms with Crippen LogP contribution in [-0.4, -0.2) is 41.8 Å². The first-order valence-electron chi connectivity index (χ1n) is 8.67. The molecular formula is C17H34O5Si2. The minimum absolute atomic E-state index is 0.144. The van der Waals surface area contributed by atoms with Crippen LogP contribution < -0.4 is 0 Å². The molecule has 24 heavy (non-hydrogen) atoms. The van der Waals surface area contributed by atoms with Gasteiger partial charge in [-0.1, -0.05) is 13.5 Å². The third-order valence-corrected chi connectivity index (χ3v) is 11.1. The summed E-state index contributed by atoms with van der Waals surface area (Å²) in [7, 11) is -3.56. The summed E-state index contributed by atoms with van der Waals surface area (Å²) in [6.45, 7) is 16.7. The second kappa shape index (κ2) is 10.8. The van der Waals surface area contributed by atoms with Crippen molar-refractivity contribution in [1.29, 1.82) is 0 Å². The highest BCUT2D eigenvalue weighted by molar-refractivity contribution is 6.84. The Balaban J connectivity index is 4.09. The molecule has 0 aliphatic carbocycles. The van der Waals surface area contributed by atoms with E-state index in [9.17, 15) is 9.59 Å². The van der Waals surface area contributed by atoms with Crippen molar-refractivity contribution in [2.75, 3.05) is 13.2 Å². The van der Waals surface area contributed by atoms with Gasteiger partial charge in [0, 0.05) is 12.0 Å². The lowest BCUT2D eigenvalue weighted by atomic mass is 10.4. The molecule has 0 aliphatic rings. The molecule has 0 aromatic rings. The van der Waals surface area contributed by atoms with Gasteiger partial charge in [0.2, 0.25) is 0 Å². The largest absolute Gasteiger partial charge is 0.466 e. The van der Waals surface area contributed by atoms with E-state index in [0.29, 0.717) is 25.2 Å². The standard InChI is InChI=1S/C17H34O5Si2/c1-8-16(18)20-11-9-13-23(4,5)22-24(6,7)14-10-12-21-17(19)15(2)3/h2,8-14H2,1,3-7H3. The van der Waals surface area contributed by atoms with Crippen molar-refractivity contribution in [1.82, 2.24) is 0 Å². The summed E-state index contributed by atoms with van der Waals surface area (Å²) in [5.74, 6) is -0.471. The van der Waals surface area contributed by atoms with Crippen LogP contribution in [-0.2, 0) is 23.2 Å². The molecule has 0 spiro atoms. The molecule has 0 radical (unpaired) electrons. The van der Waals surface area contributed by atoms with Gasteiger partial charge in [-0.15, -0.1) is 0 Å². The van der Waals surface area contributed by atoms with Gasteiger partial charge in [-0.3, -0.25) is 4.79 Å². The van der Waals surface area contributed by atoms with E-state index < -0.39 is 16.6 Å². The highest BCUT2D eigenvalue weighted by Crippen LogP contribution is 2.23. The first-order valence-corrected chi connectivity index (χ1v) is 14.9. The van der Waals surface area contributed by atoms with Gasteiger partial charge in [-0.2, -0.15) is 0 Å². The molecule has 140 valence electrons. The lowest BCUT2D eigenvalue weighted by Crippen LogP contribution is -2.44. The smallest absolute Gasteiger partial charge is 0.333 e. The molecule has 0 aliphatic heterocycles. The third-order valence-electron chi connectivity index (χ3n) is 3.53. The van der Waals surface area contributed by atoms with E-state index >= 15 is 0 Å². The lowest BCUT2D eigenvalue weighted by Gasteiger charge is -2.34. The van der Waals surface area contributed by atoms with Crippen LogP contribution in [0.25, 0.3) is 0 Å². The van der Waals surface area contributed by atoms with E-state index in [1.807, 2.05) is 0 Å². The normalized spacial score (nSPS) is 11.9. The van der Waals surface area contributed by atoms with E-state index in [2.05, 4.69) is 32.8 Å². The minimum Gasteiger partial charge on any atom is -0.466 e. The average Bonchev–Trinajstić information content (AvgIpc) is 2.46. The number of esters is 2. The van der Waals surface area contributed by atoms with Gasteiger partial charge in [0.15, 0.2) is 16.6 Å². The number of hydrogen-bond acceptors (Lipinski definition) is 5. The molecule has 0 N–H and O–H groups in total. The highest BCUT2D eigenvalue weighted by Gasteiger charge is 2.32. The minimum atomic E-state index is -1.79. The molecule has 0 atom stereocenters. The summed E-state index contributed by atoms with van der Waals surface area (Å²) in [6.07, 6.45) is 2.09. The highest BCUT2D eigenvalue weighted by atomic mass is 28.4. The molecule has 0 saturated carbocycles. The molecular weight excluding hydrogens is 340 g/mol. The Kier molecular flexibility index (Phi) is 10.4. The molecule has 0 unspecified atom stereocenters. The third kappa shape index (κ3) is 11.6. The summed E-state index contributed by atoms with van der Waals surface area (Å²) in [5, 5.41) is 0. The lowest BCUT2D eigenvalue weighted by molar-refractivity contribution is -0.143. The summed E-state index contributed by atoms with van der Waals surface area (Å²) in [6, 6.07) is 1.93. The molecule has 0 fully saturated rings. The molecule has 0 rings (SSSR count). The number of rotatable bonds is 12. The van der Waals surface area contributed by atoms with Crippen LogP contribution in [0.15, 0.2) is 12.2 Å². The van der Waals surface area contributed by atoms with Gasteiger partial charge in [0.05, 0.1) is 13.2 Å². The van der Waals surface area contributed by atoms with Crippen molar-refractivity contribution in [3.63, 3.8) is 0 Å². The van der Waals surface area contributed by atoms with Gasteiger partial charge >= 0.3 is 11.9 Å². The van der Waals surface area contributed by atoms with E-state index in [1.54, 1.807) is 13.8 Å². The molecule has 0 heterocycles. The van der Waals surface area contributed by atoms with Gasteiger partial charge in [0.1, 0.15) is 0 Å². The number of ether oxygens (including phenoxy) is 2. The molecule has 0 bridgehead atoms. The van der Waals surface area contributed by atoms with Crippen LogP contribution >= 0.6 is 0 Å². The zero-order chi connectivity index (χ0) is 18.8. The van der Waals surface area contributed by atoms with Crippen LogP contribution in [0.1, 0.15) is 33.1 Å². The SMILES string of the molecule is C=C(C)C(=O)OCCC[Si](C)(C)O[Si](C)(C)CCCOC(=O)CC. The van der Waals surface area contributed by atoms with Crippen LogP contribution in [0.5, 0.6) is 0 Å². The number of carbonyl (C=O) groups excluding carboxylic acids is 2. The van der Waals surface area contributed by atoms with Gasteiger partial charge < -0.3 is 13.6 Å². The van der Waals surface area contributed by atoms with Crippen molar-refractivity contribution >= 4 is 28.6 Å². The topological polar surface area (TPSA) is 61.8 Å². The van der Waals surface area contributed by atoms with E-state index in [0.717, 1.165) is 24.9 Å². The van der Waals surface area contributed by atoms with E-state index in [4.69, 9.17) is 13.6 Å². The van der Waals surface area contributed by atoms with Crippen LogP contribution in [0.2, 0.25) is 38.3 Å². The Hall–Kier alpha value is -0.926. The fourth-order valence-corrected chi connectivity index (χ4v) is 11.2. The fourth-order valence-electron chi connectivity index (χ4n) is 2.42. The Bertz CT molecular complexity index is 433. The molecule has 7 heteroatoms.